The van der Waals surface area contributed by atoms with Gasteiger partial charge < -0.3 is 9.40 Å². The minimum Gasteiger partial charge on any atom is -0.453 e. The van der Waals surface area contributed by atoms with Gasteiger partial charge in [-0.3, -0.25) is 9.69 Å². The van der Waals surface area contributed by atoms with Crippen molar-refractivity contribution in [2.75, 3.05) is 7.05 Å². The monoisotopic (exact) mass is 281 g/mol. The number of Topliss-reactive ketones (excluding diaryl/α,β-unsaturated/α-hetero) is 1. The third-order valence-corrected chi connectivity index (χ3v) is 4.10. The first-order valence-corrected chi connectivity index (χ1v) is 6.96. The number of H-pyrrole nitrogens is 1. The van der Waals surface area contributed by atoms with Crippen molar-refractivity contribution < 1.29 is 9.21 Å². The lowest BCUT2D eigenvalue weighted by molar-refractivity contribution is 0.0798. The van der Waals surface area contributed by atoms with E-state index in [1.807, 2.05) is 42.3 Å². The van der Waals surface area contributed by atoms with Gasteiger partial charge in [-0.15, -0.1) is 0 Å². The number of carbonyl (C=O) groups is 1. The number of para-hydroxylation sites is 1. The van der Waals surface area contributed by atoms with Crippen LogP contribution < -0.4 is 0 Å². The Morgan fingerprint density at radius 1 is 1.43 bits per heavy atom. The molecular formula is C16H15N3O2. The highest BCUT2D eigenvalue weighted by Crippen LogP contribution is 2.25. The number of ketones is 1. The molecular weight excluding hydrogens is 266 g/mol. The highest BCUT2D eigenvalue weighted by molar-refractivity contribution is 6.01. The highest BCUT2D eigenvalue weighted by Gasteiger charge is 2.32. The van der Waals surface area contributed by atoms with Crippen molar-refractivity contribution in [3.05, 3.63) is 53.8 Å². The van der Waals surface area contributed by atoms with Crippen LogP contribution in [0.5, 0.6) is 0 Å². The van der Waals surface area contributed by atoms with Crippen LogP contribution in [0, 0.1) is 0 Å². The van der Waals surface area contributed by atoms with Crippen LogP contribution in [0.15, 0.2) is 41.1 Å². The van der Waals surface area contributed by atoms with Crippen molar-refractivity contribution in [1.82, 2.24) is 14.9 Å². The molecule has 4 rings (SSSR count). The first kappa shape index (κ1) is 12.3. The van der Waals surface area contributed by atoms with E-state index in [4.69, 9.17) is 4.42 Å². The molecule has 0 fully saturated rings. The topological polar surface area (TPSA) is 62.1 Å². The SMILES string of the molecule is CN1Cc2[nH]cnc2CC1C(=O)c1cc2ccccc2o1. The minimum atomic E-state index is -0.221. The van der Waals surface area contributed by atoms with Crippen molar-refractivity contribution >= 4 is 16.8 Å². The van der Waals surface area contributed by atoms with Crippen LogP contribution in [0.4, 0.5) is 0 Å². The maximum atomic E-state index is 12.7. The molecule has 21 heavy (non-hydrogen) atoms. The summed E-state index contributed by atoms with van der Waals surface area (Å²) in [6.07, 6.45) is 2.30. The number of nitrogens with one attached hydrogen (secondary N) is 1. The summed E-state index contributed by atoms with van der Waals surface area (Å²) in [7, 11) is 1.95. The van der Waals surface area contributed by atoms with Crippen molar-refractivity contribution in [3.63, 3.8) is 0 Å². The fourth-order valence-corrected chi connectivity index (χ4v) is 2.92. The number of likely N-dealkylation sites (N-methyl/N-ethyl adjacent to an activating group) is 1. The zero-order valence-corrected chi connectivity index (χ0v) is 11.7. The van der Waals surface area contributed by atoms with Crippen LogP contribution in [-0.4, -0.2) is 33.7 Å². The molecule has 0 saturated heterocycles. The van der Waals surface area contributed by atoms with Crippen LogP contribution in [0.1, 0.15) is 21.9 Å². The summed E-state index contributed by atoms with van der Waals surface area (Å²) in [5.74, 6) is 0.439. The van der Waals surface area contributed by atoms with Gasteiger partial charge in [0.1, 0.15) is 5.58 Å². The van der Waals surface area contributed by atoms with E-state index in [1.165, 1.54) is 0 Å². The maximum Gasteiger partial charge on any atom is 0.215 e. The van der Waals surface area contributed by atoms with Crippen LogP contribution in [0.3, 0.4) is 0 Å². The lowest BCUT2D eigenvalue weighted by atomic mass is 9.98. The third-order valence-electron chi connectivity index (χ3n) is 4.10. The molecule has 106 valence electrons. The molecule has 0 spiro atoms. The Labute approximate surface area is 121 Å². The molecule has 1 unspecified atom stereocenters. The summed E-state index contributed by atoms with van der Waals surface area (Å²) in [5.41, 5.74) is 2.81. The van der Waals surface area contributed by atoms with E-state index in [0.29, 0.717) is 18.7 Å². The van der Waals surface area contributed by atoms with Gasteiger partial charge in [-0.1, -0.05) is 18.2 Å². The van der Waals surface area contributed by atoms with Gasteiger partial charge in [-0.05, 0) is 19.2 Å². The average molecular weight is 281 g/mol. The molecule has 2 aromatic heterocycles. The molecule has 1 N–H and O–H groups in total. The van der Waals surface area contributed by atoms with Gasteiger partial charge in [0.15, 0.2) is 5.76 Å². The molecule has 1 atom stereocenters. The number of hydrogen-bond donors (Lipinski definition) is 1. The van der Waals surface area contributed by atoms with E-state index in [0.717, 1.165) is 22.4 Å². The van der Waals surface area contributed by atoms with Crippen molar-refractivity contribution in [3.8, 4) is 0 Å². The molecule has 5 nitrogen and oxygen atoms in total. The predicted molar refractivity (Wildman–Crippen MR) is 78.1 cm³/mol. The Bertz CT molecular complexity index is 785. The standard InChI is InChI=1S/C16H15N3O2/c1-19-8-12-11(17-9-18-12)7-13(19)16(20)15-6-10-4-2-3-5-14(10)21-15/h2-6,9,13H,7-8H2,1H3,(H,17,18). The lowest BCUT2D eigenvalue weighted by Gasteiger charge is -2.29. The lowest BCUT2D eigenvalue weighted by Crippen LogP contribution is -2.43. The summed E-state index contributed by atoms with van der Waals surface area (Å²) in [6.45, 7) is 0.700. The van der Waals surface area contributed by atoms with Crippen molar-refractivity contribution in [2.45, 2.75) is 19.0 Å². The minimum absolute atomic E-state index is 0.0161. The maximum absolute atomic E-state index is 12.7. The van der Waals surface area contributed by atoms with Gasteiger partial charge in [0.25, 0.3) is 0 Å². The molecule has 0 amide bonds. The quantitative estimate of drug-likeness (QED) is 0.733. The summed E-state index contributed by atoms with van der Waals surface area (Å²) >= 11 is 0. The Kier molecular flexibility index (Phi) is 2.68. The number of hydrogen-bond acceptors (Lipinski definition) is 4. The van der Waals surface area contributed by atoms with Crippen molar-refractivity contribution in [1.29, 1.82) is 0 Å². The third kappa shape index (κ3) is 1.97. The number of aromatic amines is 1. The van der Waals surface area contributed by atoms with Crippen molar-refractivity contribution in [2.24, 2.45) is 0 Å². The molecule has 3 aromatic rings. The van der Waals surface area contributed by atoms with E-state index >= 15 is 0 Å². The summed E-state index contributed by atoms with van der Waals surface area (Å²) < 4.78 is 5.70. The van der Waals surface area contributed by atoms with Gasteiger partial charge in [-0.25, -0.2) is 4.98 Å². The Balaban J connectivity index is 1.68. The molecule has 1 aromatic carbocycles. The molecule has 1 aliphatic rings. The number of furan rings is 1. The second kappa shape index (κ2) is 4.56. The molecule has 0 radical (unpaired) electrons. The molecule has 1 aliphatic heterocycles. The van der Waals surface area contributed by atoms with Crippen LogP contribution in [0.2, 0.25) is 0 Å². The molecule has 0 aliphatic carbocycles. The second-order valence-corrected chi connectivity index (χ2v) is 5.48. The van der Waals surface area contributed by atoms with E-state index < -0.39 is 0 Å². The second-order valence-electron chi connectivity index (χ2n) is 5.48. The van der Waals surface area contributed by atoms with Gasteiger partial charge in [0.05, 0.1) is 23.8 Å². The first-order valence-electron chi connectivity index (χ1n) is 6.96. The number of carbonyl (C=O) groups excluding carboxylic acids is 1. The van der Waals surface area contributed by atoms with Crippen LogP contribution >= 0.6 is 0 Å². The summed E-state index contributed by atoms with van der Waals surface area (Å²) in [6, 6.07) is 9.28. The van der Waals surface area contributed by atoms with Gasteiger partial charge in [0, 0.05) is 18.4 Å². The number of aromatic nitrogens is 2. The number of imidazole rings is 1. The summed E-state index contributed by atoms with van der Waals surface area (Å²) in [5, 5.41) is 0.958. The van der Waals surface area contributed by atoms with Crippen LogP contribution in [0.25, 0.3) is 11.0 Å². The smallest absolute Gasteiger partial charge is 0.215 e. The number of nitrogens with zero attached hydrogens (tertiary/aromatic N) is 2. The fraction of sp³-hybridized carbons (Fsp3) is 0.250. The Morgan fingerprint density at radius 2 is 2.29 bits per heavy atom. The zero-order valence-electron chi connectivity index (χ0n) is 11.7. The fourth-order valence-electron chi connectivity index (χ4n) is 2.92. The number of fused-ring (bicyclic) bond motifs is 2. The normalized spacial score (nSPS) is 18.8. The van der Waals surface area contributed by atoms with E-state index in [1.54, 1.807) is 6.33 Å². The van der Waals surface area contributed by atoms with E-state index in [-0.39, 0.29) is 11.8 Å². The molecule has 0 bridgehead atoms. The van der Waals surface area contributed by atoms with Gasteiger partial charge >= 0.3 is 0 Å². The molecule has 3 heterocycles. The highest BCUT2D eigenvalue weighted by atomic mass is 16.3. The molecule has 5 heteroatoms. The largest absolute Gasteiger partial charge is 0.453 e. The predicted octanol–water partition coefficient (Wildman–Crippen LogP) is 2.40. The van der Waals surface area contributed by atoms with E-state index in [2.05, 4.69) is 9.97 Å². The molecule has 0 saturated carbocycles. The van der Waals surface area contributed by atoms with E-state index in [9.17, 15) is 4.79 Å². The number of rotatable bonds is 2. The van der Waals surface area contributed by atoms with Gasteiger partial charge in [0.2, 0.25) is 5.78 Å². The average Bonchev–Trinajstić information content (AvgIpc) is 3.11. The summed E-state index contributed by atoms with van der Waals surface area (Å²) in [4.78, 5) is 22.2. The first-order chi connectivity index (χ1) is 10.2. The van der Waals surface area contributed by atoms with Gasteiger partial charge in [-0.2, -0.15) is 0 Å². The van der Waals surface area contributed by atoms with Crippen LogP contribution in [-0.2, 0) is 13.0 Å². The Hall–Kier alpha value is -2.40. The zero-order chi connectivity index (χ0) is 14.4. The number of benzene rings is 1. The Morgan fingerprint density at radius 3 is 3.14 bits per heavy atom.